The highest BCUT2D eigenvalue weighted by atomic mass is 28.3. The van der Waals surface area contributed by atoms with E-state index in [4.69, 9.17) is 9.97 Å². The van der Waals surface area contributed by atoms with Crippen LogP contribution < -0.4 is 46.4 Å². The van der Waals surface area contributed by atoms with Crippen LogP contribution in [0.1, 0.15) is 0 Å². The van der Waals surface area contributed by atoms with Gasteiger partial charge >= 0.3 is 0 Å². The zero-order valence-electron chi connectivity index (χ0n) is 38.3. The van der Waals surface area contributed by atoms with E-state index in [2.05, 4.69) is 264 Å². The summed E-state index contributed by atoms with van der Waals surface area (Å²) in [5.74, 6) is 0.872. The normalized spacial score (nSPS) is 12.9. The fraction of sp³-hybridized carbons (Fsp3) is 0. The molecule has 70 heavy (non-hydrogen) atoms. The minimum Gasteiger partial charge on any atom is -0.309 e. The maximum absolute atomic E-state index is 5.25. The number of aromatic nitrogens is 3. The Balaban J connectivity index is 1.34. The van der Waals surface area contributed by atoms with Crippen LogP contribution in [0, 0.1) is 0 Å². The monoisotopic (exact) mass is 926 g/mol. The molecule has 0 spiro atoms. The van der Waals surface area contributed by atoms with Gasteiger partial charge in [-0.2, -0.15) is 0 Å². The largest absolute Gasteiger partial charge is 0.309 e. The second-order valence-corrected chi connectivity index (χ2v) is 25.5. The van der Waals surface area contributed by atoms with Crippen molar-refractivity contribution in [3.63, 3.8) is 0 Å². The number of anilines is 3. The van der Waals surface area contributed by atoms with Crippen molar-refractivity contribution in [2.24, 2.45) is 0 Å². The summed E-state index contributed by atoms with van der Waals surface area (Å²) in [7, 11) is -6.69. The molecule has 6 heteroatoms. The van der Waals surface area contributed by atoms with Crippen molar-refractivity contribution in [2.45, 2.75) is 0 Å². The third kappa shape index (κ3) is 6.27. The molecule has 0 atom stereocenters. The number of hydrogen-bond acceptors (Lipinski definition) is 3. The Kier molecular flexibility index (Phi) is 10.2. The van der Waals surface area contributed by atoms with E-state index >= 15 is 0 Å². The molecule has 13 rings (SSSR count). The summed E-state index contributed by atoms with van der Waals surface area (Å²) >= 11 is 0. The fourth-order valence-corrected chi connectivity index (χ4v) is 22.0. The molecule has 1 aliphatic rings. The van der Waals surface area contributed by atoms with Crippen LogP contribution >= 0.6 is 0 Å². The van der Waals surface area contributed by atoms with Gasteiger partial charge in [0.25, 0.3) is 0 Å². The molecule has 3 aromatic heterocycles. The van der Waals surface area contributed by atoms with Crippen LogP contribution in [0.15, 0.2) is 279 Å². The summed E-state index contributed by atoms with van der Waals surface area (Å²) in [5.41, 5.74) is 7.82. The van der Waals surface area contributed by atoms with Crippen LogP contribution in [0.2, 0.25) is 0 Å². The van der Waals surface area contributed by atoms with E-state index in [-0.39, 0.29) is 0 Å². The highest BCUT2D eigenvalue weighted by molar-refractivity contribution is 7.23. The van der Waals surface area contributed by atoms with Gasteiger partial charge in [0, 0.05) is 51.0 Å². The number of hydrogen-bond donors (Lipinski definition) is 0. The van der Waals surface area contributed by atoms with Crippen molar-refractivity contribution in [3.05, 3.63) is 279 Å². The lowest BCUT2D eigenvalue weighted by molar-refractivity contribution is 1.17. The SMILES string of the molecule is c1ccc(-n2c3ccccc3c3c([Si](c4ccccc4)(c4ccccc4)c4cccc(-c5ccccn5)c4)cc4c(c32)[Si](c2ccccc2)(c2ccccc2)c2ccccc2N4c2ccccn2)cc1. The first-order valence-electron chi connectivity index (χ1n) is 24.0. The minimum atomic E-state index is -3.39. The predicted molar refractivity (Wildman–Crippen MR) is 297 cm³/mol. The lowest BCUT2D eigenvalue weighted by Crippen LogP contribution is -2.78. The van der Waals surface area contributed by atoms with Gasteiger partial charge in [0.2, 0.25) is 0 Å². The molecule has 9 aromatic carbocycles. The standard InChI is InChI=1S/C64H46N4Si2/c1-6-26-48(27-7-1)67-56-39-17-16-37-54(56)62-60(69(49-28-8-2-9-29-49,50-30-10-3-11-31-50)53-36-24-25-47(45-53)55-38-20-22-43-65-55)46-58-64(63(62)67)70(51-32-12-4-13-33-51,52-34-14-5-15-35-52)59-41-19-18-40-57(59)68(58)61-42-21-23-44-66-61/h1-46H. The summed E-state index contributed by atoms with van der Waals surface area (Å²) in [6.07, 6.45) is 3.83. The van der Waals surface area contributed by atoms with E-state index in [1.165, 1.54) is 57.8 Å². The number of pyridine rings is 2. The highest BCUT2D eigenvalue weighted by Crippen LogP contribution is 2.42. The summed E-state index contributed by atoms with van der Waals surface area (Å²) < 4.78 is 2.60. The van der Waals surface area contributed by atoms with E-state index in [1.54, 1.807) is 0 Å². The van der Waals surface area contributed by atoms with Gasteiger partial charge in [-0.25, -0.2) is 4.98 Å². The second-order valence-electron chi connectivity index (χ2n) is 18.0. The Labute approximate surface area is 410 Å². The van der Waals surface area contributed by atoms with E-state index in [1.807, 2.05) is 24.5 Å². The maximum Gasteiger partial charge on any atom is 0.186 e. The average molecular weight is 927 g/mol. The van der Waals surface area contributed by atoms with Crippen molar-refractivity contribution in [2.75, 3.05) is 4.90 Å². The van der Waals surface area contributed by atoms with Crippen molar-refractivity contribution >= 4 is 96.6 Å². The minimum absolute atomic E-state index is 0.872. The molecule has 330 valence electrons. The molecule has 0 fully saturated rings. The Bertz CT molecular complexity index is 3740. The molecule has 0 N–H and O–H groups in total. The number of nitrogens with zero attached hydrogens (tertiary/aromatic N) is 4. The molecule has 0 radical (unpaired) electrons. The fourth-order valence-electron chi connectivity index (χ4n) is 11.8. The first-order chi connectivity index (χ1) is 34.8. The molecule has 0 bridgehead atoms. The van der Waals surface area contributed by atoms with E-state index in [0.717, 1.165) is 39.7 Å². The molecule has 0 unspecified atom stereocenters. The van der Waals surface area contributed by atoms with Crippen LogP contribution in [-0.4, -0.2) is 30.7 Å². The van der Waals surface area contributed by atoms with E-state index in [9.17, 15) is 0 Å². The third-order valence-corrected chi connectivity index (χ3v) is 24.1. The van der Waals surface area contributed by atoms with Crippen LogP contribution in [0.4, 0.5) is 17.2 Å². The summed E-state index contributed by atoms with van der Waals surface area (Å²) in [5, 5.41) is 13.0. The van der Waals surface area contributed by atoms with Gasteiger partial charge in [-0.15, -0.1) is 0 Å². The summed E-state index contributed by atoms with van der Waals surface area (Å²) in [6.45, 7) is 0. The number of benzene rings is 9. The van der Waals surface area contributed by atoms with Gasteiger partial charge in [0.1, 0.15) is 5.82 Å². The predicted octanol–water partition coefficient (Wildman–Crippen LogP) is 9.78. The first-order valence-corrected chi connectivity index (χ1v) is 28.0. The van der Waals surface area contributed by atoms with Crippen molar-refractivity contribution in [1.82, 2.24) is 14.5 Å². The van der Waals surface area contributed by atoms with Gasteiger partial charge in [0.05, 0.1) is 16.7 Å². The Morgan fingerprint density at radius 2 is 0.971 bits per heavy atom. The highest BCUT2D eigenvalue weighted by Gasteiger charge is 2.53. The average Bonchev–Trinajstić information content (AvgIpc) is 3.80. The molecule has 4 heterocycles. The zero-order valence-corrected chi connectivity index (χ0v) is 40.3. The summed E-state index contributed by atoms with van der Waals surface area (Å²) in [6, 6.07) is 99.3. The van der Waals surface area contributed by atoms with Gasteiger partial charge < -0.3 is 4.57 Å². The smallest absolute Gasteiger partial charge is 0.186 e. The molecular formula is C64H46N4Si2. The molecular weight excluding hydrogens is 881 g/mol. The molecule has 4 nitrogen and oxygen atoms in total. The van der Waals surface area contributed by atoms with E-state index < -0.39 is 16.1 Å². The molecule has 0 saturated carbocycles. The second kappa shape index (κ2) is 17.1. The van der Waals surface area contributed by atoms with Gasteiger partial charge in [-0.3, -0.25) is 9.88 Å². The lowest BCUT2D eigenvalue weighted by atomic mass is 10.1. The number of rotatable bonds is 9. The van der Waals surface area contributed by atoms with Crippen molar-refractivity contribution in [1.29, 1.82) is 0 Å². The third-order valence-electron chi connectivity index (χ3n) is 14.5. The number of fused-ring (bicyclic) bond motifs is 6. The van der Waals surface area contributed by atoms with Crippen molar-refractivity contribution in [3.8, 4) is 16.9 Å². The van der Waals surface area contributed by atoms with Crippen LogP contribution in [0.3, 0.4) is 0 Å². The Morgan fingerprint density at radius 1 is 0.414 bits per heavy atom. The van der Waals surface area contributed by atoms with Gasteiger partial charge in [-0.1, -0.05) is 212 Å². The molecule has 0 amide bonds. The summed E-state index contributed by atoms with van der Waals surface area (Å²) in [4.78, 5) is 12.6. The molecule has 1 aliphatic heterocycles. The Hall–Kier alpha value is -8.69. The Morgan fingerprint density at radius 3 is 1.61 bits per heavy atom. The lowest BCUT2D eigenvalue weighted by Gasteiger charge is -2.46. The number of para-hydroxylation sites is 3. The quantitative estimate of drug-likeness (QED) is 0.107. The zero-order chi connectivity index (χ0) is 46.5. The maximum atomic E-state index is 5.25. The van der Waals surface area contributed by atoms with Gasteiger partial charge in [-0.05, 0) is 90.9 Å². The van der Waals surface area contributed by atoms with Crippen molar-refractivity contribution < 1.29 is 0 Å². The van der Waals surface area contributed by atoms with E-state index in [0.29, 0.717) is 0 Å². The topological polar surface area (TPSA) is 34.0 Å². The van der Waals surface area contributed by atoms with Gasteiger partial charge in [0.15, 0.2) is 16.1 Å². The molecule has 12 aromatic rings. The van der Waals surface area contributed by atoms with Crippen LogP contribution in [0.25, 0.3) is 38.8 Å². The van der Waals surface area contributed by atoms with Crippen LogP contribution in [-0.2, 0) is 0 Å². The molecule has 0 saturated heterocycles. The molecule has 0 aliphatic carbocycles. The van der Waals surface area contributed by atoms with Crippen LogP contribution in [0.5, 0.6) is 0 Å². The first kappa shape index (κ1) is 41.5.